The number of nitrogens with zero attached hydrogens (tertiary/aromatic N) is 1. The van der Waals surface area contributed by atoms with Gasteiger partial charge in [0, 0.05) is 11.8 Å². The summed E-state index contributed by atoms with van der Waals surface area (Å²) in [6, 6.07) is 6.57. The number of rotatable bonds is 3. The molecule has 0 bridgehead atoms. The van der Waals surface area contributed by atoms with E-state index in [4.69, 9.17) is 5.11 Å². The van der Waals surface area contributed by atoms with E-state index in [1.807, 2.05) is 0 Å². The van der Waals surface area contributed by atoms with Crippen molar-refractivity contribution < 1.29 is 10.0 Å². The first-order valence-corrected chi connectivity index (χ1v) is 3.84. The molecule has 4 heteroatoms. The van der Waals surface area contributed by atoms with Crippen molar-refractivity contribution in [3.8, 4) is 5.75 Å². The minimum absolute atomic E-state index is 0.169. The second kappa shape index (κ2) is 3.89. The number of hydrogen-bond donors (Lipinski definition) is 1. The van der Waals surface area contributed by atoms with Crippen molar-refractivity contribution in [2.24, 2.45) is 0 Å². The molecule has 0 aliphatic carbocycles. The van der Waals surface area contributed by atoms with Gasteiger partial charge in [0.05, 0.1) is 6.42 Å². The molecule has 0 aliphatic rings. The van der Waals surface area contributed by atoms with Gasteiger partial charge in [-0.2, -0.15) is 0 Å². The zero-order valence-corrected chi connectivity index (χ0v) is 7.23. The molecule has 4 nitrogen and oxygen atoms in total. The highest BCUT2D eigenvalue weighted by Crippen LogP contribution is 2.14. The van der Waals surface area contributed by atoms with Crippen molar-refractivity contribution in [3.63, 3.8) is 0 Å². The van der Waals surface area contributed by atoms with E-state index in [0.717, 1.165) is 5.56 Å². The Morgan fingerprint density at radius 1 is 1.46 bits per heavy atom. The van der Waals surface area contributed by atoms with Crippen molar-refractivity contribution in [2.45, 2.75) is 13.3 Å². The van der Waals surface area contributed by atoms with Gasteiger partial charge >= 0.3 is 0 Å². The van der Waals surface area contributed by atoms with Crippen LogP contribution in [0.3, 0.4) is 0 Å². The Morgan fingerprint density at radius 3 is 2.46 bits per heavy atom. The molecule has 1 aromatic rings. The maximum Gasteiger partial charge on any atom is 0.291 e. The molecule has 0 saturated carbocycles. The van der Waals surface area contributed by atoms with Gasteiger partial charge in [-0.3, -0.25) is 10.1 Å². The van der Waals surface area contributed by atoms with Gasteiger partial charge in [0.25, 0.3) is 6.04 Å². The first kappa shape index (κ1) is 9.51. The van der Waals surface area contributed by atoms with E-state index in [0.29, 0.717) is 6.42 Å². The predicted octanol–water partition coefficient (Wildman–Crippen LogP) is 1.76. The number of phenolic OH excluding ortho intramolecular Hbond substituents is 1. The summed E-state index contributed by atoms with van der Waals surface area (Å²) in [4.78, 5) is 9.89. The van der Waals surface area contributed by atoms with Crippen LogP contribution in [0.2, 0.25) is 0 Å². The Hall–Kier alpha value is -1.58. The highest BCUT2D eigenvalue weighted by atomic mass is 16.6. The highest BCUT2D eigenvalue weighted by Gasteiger charge is 2.15. The Morgan fingerprint density at radius 2 is 2.00 bits per heavy atom. The first-order valence-electron chi connectivity index (χ1n) is 3.84. The van der Waals surface area contributed by atoms with Crippen molar-refractivity contribution >= 4 is 0 Å². The zero-order chi connectivity index (χ0) is 9.84. The summed E-state index contributed by atoms with van der Waals surface area (Å²) in [5.74, 6) is 0.169. The summed E-state index contributed by atoms with van der Waals surface area (Å²) in [7, 11) is 0. The van der Waals surface area contributed by atoms with Gasteiger partial charge < -0.3 is 5.11 Å². The fraction of sp³-hybridized carbons (Fsp3) is 0.222. The first-order chi connectivity index (χ1) is 6.09. The molecule has 0 amide bonds. The quantitative estimate of drug-likeness (QED) is 0.569. The van der Waals surface area contributed by atoms with Crippen LogP contribution in [-0.4, -0.2) is 10.0 Å². The molecule has 13 heavy (non-hydrogen) atoms. The predicted molar refractivity (Wildman–Crippen MR) is 47.7 cm³/mol. The molecular formula is C9H10NO3. The van der Waals surface area contributed by atoms with Crippen molar-refractivity contribution in [2.75, 3.05) is 0 Å². The monoisotopic (exact) mass is 180 g/mol. The molecule has 1 aromatic carbocycles. The SMILES string of the molecule is C[C](Cc1ccc(O)cc1)[N+](=O)[O-]. The van der Waals surface area contributed by atoms with Gasteiger partial charge in [-0.05, 0) is 17.7 Å². The molecule has 0 aromatic heterocycles. The van der Waals surface area contributed by atoms with E-state index in [1.54, 1.807) is 12.1 Å². The lowest BCUT2D eigenvalue weighted by Gasteiger charge is -2.01. The lowest BCUT2D eigenvalue weighted by molar-refractivity contribution is -0.464. The van der Waals surface area contributed by atoms with E-state index < -0.39 is 4.92 Å². The van der Waals surface area contributed by atoms with Crippen LogP contribution in [0.15, 0.2) is 24.3 Å². The van der Waals surface area contributed by atoms with Crippen LogP contribution in [0.5, 0.6) is 5.75 Å². The maximum absolute atomic E-state index is 10.3. The second-order valence-corrected chi connectivity index (χ2v) is 2.84. The summed E-state index contributed by atoms with van der Waals surface area (Å²) in [5.41, 5.74) is 0.826. The third kappa shape index (κ3) is 2.74. The Kier molecular flexibility index (Phi) is 2.84. The largest absolute Gasteiger partial charge is 0.508 e. The molecule has 0 heterocycles. The zero-order valence-electron chi connectivity index (χ0n) is 7.23. The smallest absolute Gasteiger partial charge is 0.291 e. The number of benzene rings is 1. The molecule has 0 unspecified atom stereocenters. The average Bonchev–Trinajstić information content (AvgIpc) is 2.08. The summed E-state index contributed by atoms with van der Waals surface area (Å²) in [6.45, 7) is 1.48. The van der Waals surface area contributed by atoms with Crippen LogP contribution in [0.4, 0.5) is 0 Å². The molecular weight excluding hydrogens is 170 g/mol. The molecule has 1 rings (SSSR count). The standard InChI is InChI=1S/C9H10NO3/c1-7(10(12)13)6-8-2-4-9(11)5-3-8/h2-5,11H,6H2,1H3. The van der Waals surface area contributed by atoms with E-state index in [-0.39, 0.29) is 11.8 Å². The summed E-state index contributed by atoms with van der Waals surface area (Å²) in [5, 5.41) is 19.2. The Balaban J connectivity index is 2.64. The van der Waals surface area contributed by atoms with Gasteiger partial charge in [-0.25, -0.2) is 0 Å². The van der Waals surface area contributed by atoms with Gasteiger partial charge in [-0.15, -0.1) is 0 Å². The molecule has 0 fully saturated rings. The molecule has 69 valence electrons. The van der Waals surface area contributed by atoms with Crippen LogP contribution in [-0.2, 0) is 6.42 Å². The average molecular weight is 180 g/mol. The van der Waals surface area contributed by atoms with Gasteiger partial charge in [0.1, 0.15) is 5.75 Å². The third-order valence-corrected chi connectivity index (χ3v) is 1.71. The Bertz CT molecular complexity index is 294. The van der Waals surface area contributed by atoms with Gasteiger partial charge in [0.15, 0.2) is 0 Å². The maximum atomic E-state index is 10.3. The third-order valence-electron chi connectivity index (χ3n) is 1.71. The van der Waals surface area contributed by atoms with E-state index in [2.05, 4.69) is 0 Å². The van der Waals surface area contributed by atoms with Gasteiger partial charge in [-0.1, -0.05) is 12.1 Å². The molecule has 1 radical (unpaired) electrons. The van der Waals surface area contributed by atoms with Gasteiger partial charge in [0.2, 0.25) is 0 Å². The van der Waals surface area contributed by atoms with E-state index in [9.17, 15) is 10.1 Å². The number of hydrogen-bond acceptors (Lipinski definition) is 3. The molecule has 0 aliphatic heterocycles. The van der Waals surface area contributed by atoms with Crippen molar-refractivity contribution in [1.82, 2.24) is 0 Å². The summed E-state index contributed by atoms with van der Waals surface area (Å²) < 4.78 is 0. The molecule has 0 saturated heterocycles. The minimum Gasteiger partial charge on any atom is -0.508 e. The number of nitro groups is 1. The van der Waals surface area contributed by atoms with Crippen LogP contribution in [0.25, 0.3) is 0 Å². The second-order valence-electron chi connectivity index (χ2n) is 2.84. The van der Waals surface area contributed by atoms with Crippen molar-refractivity contribution in [1.29, 1.82) is 0 Å². The number of aromatic hydroxyl groups is 1. The topological polar surface area (TPSA) is 63.4 Å². The minimum atomic E-state index is -0.396. The van der Waals surface area contributed by atoms with E-state index in [1.165, 1.54) is 19.1 Å². The lowest BCUT2D eigenvalue weighted by atomic mass is 10.1. The fourth-order valence-electron chi connectivity index (χ4n) is 0.974. The molecule has 1 N–H and O–H groups in total. The molecule has 0 atom stereocenters. The fourth-order valence-corrected chi connectivity index (χ4v) is 0.974. The highest BCUT2D eigenvalue weighted by molar-refractivity contribution is 5.26. The van der Waals surface area contributed by atoms with Crippen LogP contribution >= 0.6 is 0 Å². The van der Waals surface area contributed by atoms with E-state index >= 15 is 0 Å². The summed E-state index contributed by atoms with van der Waals surface area (Å²) in [6.07, 6.45) is 0.313. The van der Waals surface area contributed by atoms with Crippen molar-refractivity contribution in [3.05, 3.63) is 46.0 Å². The number of phenols is 1. The van der Waals surface area contributed by atoms with Crippen LogP contribution in [0.1, 0.15) is 12.5 Å². The normalized spacial score (nSPS) is 10.3. The van der Waals surface area contributed by atoms with Crippen LogP contribution < -0.4 is 0 Å². The van der Waals surface area contributed by atoms with Crippen LogP contribution in [0, 0.1) is 16.2 Å². The summed E-state index contributed by atoms with van der Waals surface area (Å²) >= 11 is 0. The molecule has 0 spiro atoms. The lowest BCUT2D eigenvalue weighted by Crippen LogP contribution is -2.08. The Labute approximate surface area is 76.0 Å².